The van der Waals surface area contributed by atoms with E-state index in [9.17, 15) is 14.3 Å². The zero-order chi connectivity index (χ0) is 32.1. The van der Waals surface area contributed by atoms with Gasteiger partial charge < -0.3 is 24.4 Å². The van der Waals surface area contributed by atoms with E-state index < -0.39 is 13.2 Å². The second-order valence-corrected chi connectivity index (χ2v) is 12.2. The molecule has 0 aliphatic heterocycles. The number of ether oxygens (including phenoxy) is 3. The summed E-state index contributed by atoms with van der Waals surface area (Å²) >= 11 is 0. The van der Waals surface area contributed by atoms with Crippen molar-refractivity contribution < 1.29 is 37.5 Å². The lowest BCUT2D eigenvalue weighted by atomic mass is 9.92. The highest BCUT2D eigenvalue weighted by molar-refractivity contribution is 7.47. The van der Waals surface area contributed by atoms with Gasteiger partial charge in [-0.05, 0) is 44.6 Å². The van der Waals surface area contributed by atoms with Crippen LogP contribution < -0.4 is 5.32 Å². The van der Waals surface area contributed by atoms with Crippen molar-refractivity contribution in [3.63, 3.8) is 0 Å². The molecule has 2 aromatic rings. The van der Waals surface area contributed by atoms with Gasteiger partial charge in [0.1, 0.15) is 0 Å². The molecule has 13 nitrogen and oxygen atoms in total. The van der Waals surface area contributed by atoms with Gasteiger partial charge in [0.25, 0.3) is 0 Å². The first-order valence-electron chi connectivity index (χ1n) is 15.5. The first-order chi connectivity index (χ1) is 21.2. The maximum atomic E-state index is 12.6. The lowest BCUT2D eigenvalue weighted by Crippen LogP contribution is -2.41. The van der Waals surface area contributed by atoms with Gasteiger partial charge in [0.2, 0.25) is 11.7 Å². The fourth-order valence-corrected chi connectivity index (χ4v) is 4.88. The number of unbranched alkanes of at least 4 members (excludes halogenated alkanes) is 2. The van der Waals surface area contributed by atoms with Crippen LogP contribution in [-0.2, 0) is 39.2 Å². The van der Waals surface area contributed by atoms with Crippen LogP contribution in [-0.4, -0.2) is 84.1 Å². The molecule has 1 aromatic heterocycles. The van der Waals surface area contributed by atoms with E-state index in [1.807, 2.05) is 45.0 Å². The van der Waals surface area contributed by atoms with E-state index in [1.54, 1.807) is 6.92 Å². The largest absolute Gasteiger partial charge is 0.472 e. The minimum Gasteiger partial charge on any atom is -0.381 e. The van der Waals surface area contributed by atoms with Crippen molar-refractivity contribution in [2.45, 2.75) is 79.2 Å². The molecule has 0 spiro atoms. The molecule has 1 unspecified atom stereocenters. The smallest absolute Gasteiger partial charge is 0.381 e. The van der Waals surface area contributed by atoms with Crippen LogP contribution in [0.2, 0.25) is 0 Å². The molecule has 14 heteroatoms. The van der Waals surface area contributed by atoms with Crippen molar-refractivity contribution in [1.82, 2.24) is 25.7 Å². The second kappa shape index (κ2) is 21.4. The van der Waals surface area contributed by atoms with E-state index in [4.69, 9.17) is 23.3 Å². The molecule has 0 saturated carbocycles. The molecule has 1 amide bonds. The van der Waals surface area contributed by atoms with Crippen molar-refractivity contribution in [2.75, 3.05) is 52.9 Å². The van der Waals surface area contributed by atoms with Gasteiger partial charge in [0.05, 0.1) is 38.4 Å². The van der Waals surface area contributed by atoms with Gasteiger partial charge in [-0.15, -0.1) is 20.4 Å². The van der Waals surface area contributed by atoms with Gasteiger partial charge in [-0.25, -0.2) is 4.57 Å². The Kier molecular flexibility index (Phi) is 18.4. The third-order valence-corrected chi connectivity index (χ3v) is 7.35. The first-order valence-corrected chi connectivity index (χ1v) is 17.0. The summed E-state index contributed by atoms with van der Waals surface area (Å²) in [4.78, 5) is 22.6. The zero-order valence-corrected chi connectivity index (χ0v) is 27.6. The summed E-state index contributed by atoms with van der Waals surface area (Å²) in [5.74, 6) is 0.878. The zero-order valence-electron chi connectivity index (χ0n) is 26.7. The molecule has 0 bridgehead atoms. The highest BCUT2D eigenvalue weighted by Gasteiger charge is 2.36. The monoisotopic (exact) mass is 639 g/mol. The van der Waals surface area contributed by atoms with Crippen LogP contribution in [0.25, 0.3) is 11.4 Å². The predicted molar refractivity (Wildman–Crippen MR) is 166 cm³/mol. The summed E-state index contributed by atoms with van der Waals surface area (Å²) < 4.78 is 40.6. The minimum atomic E-state index is -4.30. The number of nitrogens with zero attached hydrogens (tertiary/aromatic N) is 4. The number of rotatable bonds is 25. The topological polar surface area (TPSA) is 164 Å². The highest BCUT2D eigenvalue weighted by atomic mass is 31.2. The van der Waals surface area contributed by atoms with Crippen LogP contribution in [0.1, 0.15) is 77.1 Å². The first kappa shape index (κ1) is 37.8. The lowest BCUT2D eigenvalue weighted by Gasteiger charge is -2.33. The Bertz CT molecular complexity index is 1080. The summed E-state index contributed by atoms with van der Waals surface area (Å²) in [5, 5.41) is 18.8. The van der Waals surface area contributed by atoms with E-state index in [1.165, 1.54) is 0 Å². The number of carbonyl (C=O) groups is 1. The highest BCUT2D eigenvalue weighted by Crippen LogP contribution is 2.45. The van der Waals surface area contributed by atoms with Crippen LogP contribution in [0.3, 0.4) is 0 Å². The molecule has 1 aromatic carbocycles. The number of phosphoric ester groups is 1. The van der Waals surface area contributed by atoms with E-state index in [-0.39, 0.29) is 38.9 Å². The van der Waals surface area contributed by atoms with Gasteiger partial charge in [-0.2, -0.15) is 0 Å². The summed E-state index contributed by atoms with van der Waals surface area (Å²) in [6.45, 7) is 10.6. The van der Waals surface area contributed by atoms with E-state index in [0.29, 0.717) is 63.7 Å². The van der Waals surface area contributed by atoms with Crippen molar-refractivity contribution in [2.24, 2.45) is 5.41 Å². The average molecular weight is 640 g/mol. The molecule has 0 saturated heterocycles. The van der Waals surface area contributed by atoms with Gasteiger partial charge in [-0.1, -0.05) is 51.5 Å². The third kappa shape index (κ3) is 15.6. The van der Waals surface area contributed by atoms with Crippen LogP contribution in [0.4, 0.5) is 0 Å². The molecule has 2 rings (SSSR count). The number of phosphoric acid groups is 1. The van der Waals surface area contributed by atoms with E-state index >= 15 is 0 Å². The standard InChI is InChI=1S/C30H50N5O8P/c1-5-16-39-21-30(22-40-17-6-2,23-41-18-7-3)24-43-44(37,38)42-19-10-8-9-11-28(36)31-20-26-12-14-27(15-13-26)29-34-32-25(4)33-35-29/h12-15H,5-11,16-24H2,1-4H3,(H,31,36)(H,37,38). The Morgan fingerprint density at radius 3 is 1.91 bits per heavy atom. The van der Waals surface area contributed by atoms with Gasteiger partial charge in [-0.3, -0.25) is 13.8 Å². The number of hydrogen-bond acceptors (Lipinski definition) is 11. The Balaban J connectivity index is 1.70. The van der Waals surface area contributed by atoms with Crippen molar-refractivity contribution >= 4 is 13.7 Å². The molecule has 1 atom stereocenters. The van der Waals surface area contributed by atoms with Gasteiger partial charge in [0.15, 0.2) is 5.82 Å². The summed E-state index contributed by atoms with van der Waals surface area (Å²) in [7, 11) is -4.30. The van der Waals surface area contributed by atoms with Crippen molar-refractivity contribution in [3.05, 3.63) is 35.7 Å². The van der Waals surface area contributed by atoms with Gasteiger partial charge >= 0.3 is 7.82 Å². The minimum absolute atomic E-state index is 0.0372. The number of carbonyl (C=O) groups excluding carboxylic acids is 1. The Labute approximate surface area is 261 Å². The number of nitrogens with one attached hydrogen (secondary N) is 1. The molecule has 248 valence electrons. The van der Waals surface area contributed by atoms with Crippen molar-refractivity contribution in [1.29, 1.82) is 0 Å². The molecule has 2 N–H and O–H groups in total. The lowest BCUT2D eigenvalue weighted by molar-refractivity contribution is -0.121. The number of benzene rings is 1. The maximum absolute atomic E-state index is 12.6. The van der Waals surface area contributed by atoms with Crippen LogP contribution in [0, 0.1) is 12.3 Å². The molecule has 0 fully saturated rings. The Morgan fingerprint density at radius 2 is 1.36 bits per heavy atom. The van der Waals surface area contributed by atoms with Crippen LogP contribution >= 0.6 is 7.82 Å². The number of aryl methyl sites for hydroxylation is 1. The summed E-state index contributed by atoms with van der Waals surface area (Å²) in [6, 6.07) is 7.51. The van der Waals surface area contributed by atoms with E-state index in [2.05, 4.69) is 25.7 Å². The van der Waals surface area contributed by atoms with Crippen molar-refractivity contribution in [3.8, 4) is 11.4 Å². The van der Waals surface area contributed by atoms with Crippen LogP contribution in [0.15, 0.2) is 24.3 Å². The molecule has 0 radical (unpaired) electrons. The van der Waals surface area contributed by atoms with Gasteiger partial charge in [0, 0.05) is 38.3 Å². The predicted octanol–water partition coefficient (Wildman–Crippen LogP) is 4.82. The SMILES string of the molecule is CCCOCC(COCCC)(COCCC)COP(=O)(O)OCCCCCC(=O)NCc1ccc(-c2nnc(C)nn2)cc1. The Hall–Kier alpha value is -2.38. The van der Waals surface area contributed by atoms with E-state index in [0.717, 1.165) is 30.4 Å². The summed E-state index contributed by atoms with van der Waals surface area (Å²) in [6.07, 6.45) is 4.68. The summed E-state index contributed by atoms with van der Waals surface area (Å²) in [5.41, 5.74) is 1.00. The average Bonchev–Trinajstić information content (AvgIpc) is 3.02. The maximum Gasteiger partial charge on any atom is 0.472 e. The third-order valence-electron chi connectivity index (χ3n) is 6.39. The fourth-order valence-electron chi connectivity index (χ4n) is 4.00. The molecule has 0 aliphatic rings. The molecule has 1 heterocycles. The normalized spacial score (nSPS) is 13.1. The molecule has 0 aliphatic carbocycles. The second-order valence-electron chi connectivity index (χ2n) is 10.8. The Morgan fingerprint density at radius 1 is 0.795 bits per heavy atom. The molecular formula is C30H50N5O8P. The number of aromatic nitrogens is 4. The number of hydrogen-bond donors (Lipinski definition) is 2. The fraction of sp³-hybridized carbons (Fsp3) is 0.700. The quantitative estimate of drug-likeness (QED) is 0.113. The molecular weight excluding hydrogens is 589 g/mol. The molecule has 44 heavy (non-hydrogen) atoms. The van der Waals surface area contributed by atoms with Crippen LogP contribution in [0.5, 0.6) is 0 Å². The number of amides is 1.